The monoisotopic (exact) mass is 377 g/mol. The number of rotatable bonds is 1. The molecule has 0 aliphatic carbocycles. The highest BCUT2D eigenvalue weighted by Crippen LogP contribution is 2.51. The van der Waals surface area contributed by atoms with Crippen molar-refractivity contribution >= 4 is 11.6 Å². The summed E-state index contributed by atoms with van der Waals surface area (Å²) in [6.07, 6.45) is -12.0. The summed E-state index contributed by atoms with van der Waals surface area (Å²) in [5.41, 5.74) is -6.66. The molecule has 0 fully saturated rings. The Kier molecular flexibility index (Phi) is 3.91. The maximum Gasteiger partial charge on any atom is 0.430 e. The molecule has 138 valence electrons. The number of alkyl halides is 6. The van der Waals surface area contributed by atoms with Crippen LogP contribution in [0.3, 0.4) is 0 Å². The second-order valence-electron chi connectivity index (χ2n) is 5.47. The molecular formula is C16H9F6NO3. The second-order valence-corrected chi connectivity index (χ2v) is 5.47. The smallest absolute Gasteiger partial charge is 0.430 e. The summed E-state index contributed by atoms with van der Waals surface area (Å²) in [4.78, 5) is 12.1. The molecule has 1 heterocycles. The van der Waals surface area contributed by atoms with Crippen molar-refractivity contribution in [3.05, 3.63) is 53.6 Å². The molecule has 2 N–H and O–H groups in total. The van der Waals surface area contributed by atoms with Crippen LogP contribution >= 0.6 is 0 Å². The number of carbonyl (C=O) groups is 1. The fraction of sp³-hybridized carbons (Fsp3) is 0.188. The van der Waals surface area contributed by atoms with E-state index in [1.165, 1.54) is 24.3 Å². The Hall–Kier alpha value is -2.75. The molecule has 1 amide bonds. The van der Waals surface area contributed by atoms with E-state index < -0.39 is 35.2 Å². The van der Waals surface area contributed by atoms with Gasteiger partial charge in [0.15, 0.2) is 5.75 Å². The number of hydrogen-bond acceptors (Lipinski definition) is 3. The zero-order chi connectivity index (χ0) is 19.3. The number of amides is 1. The second kappa shape index (κ2) is 5.63. The Labute approximate surface area is 142 Å². The molecule has 2 aromatic carbocycles. The number of hydrogen-bond donors (Lipinski definition) is 2. The molecule has 4 nitrogen and oxygen atoms in total. The minimum Gasteiger partial charge on any atom is -0.454 e. The van der Waals surface area contributed by atoms with Gasteiger partial charge in [-0.25, -0.2) is 0 Å². The lowest BCUT2D eigenvalue weighted by atomic mass is 9.92. The fourth-order valence-corrected chi connectivity index (χ4v) is 2.47. The van der Waals surface area contributed by atoms with Crippen molar-refractivity contribution < 1.29 is 41.0 Å². The Bertz CT molecular complexity index is 861. The van der Waals surface area contributed by atoms with Crippen molar-refractivity contribution in [3.8, 4) is 11.5 Å². The average Bonchev–Trinajstić information content (AvgIpc) is 2.67. The van der Waals surface area contributed by atoms with Gasteiger partial charge in [-0.2, -0.15) is 26.3 Å². The molecular weight excluding hydrogens is 368 g/mol. The van der Waals surface area contributed by atoms with Crippen molar-refractivity contribution in [2.45, 2.75) is 18.0 Å². The molecule has 0 aromatic heterocycles. The molecule has 1 aliphatic rings. The van der Waals surface area contributed by atoms with Crippen LogP contribution in [0.1, 0.15) is 15.9 Å². The quantitative estimate of drug-likeness (QED) is 0.727. The van der Waals surface area contributed by atoms with Crippen molar-refractivity contribution in [1.82, 2.24) is 0 Å². The van der Waals surface area contributed by atoms with Gasteiger partial charge in [-0.3, -0.25) is 4.79 Å². The van der Waals surface area contributed by atoms with Crippen molar-refractivity contribution in [1.29, 1.82) is 0 Å². The maximum absolute atomic E-state index is 13.0. The van der Waals surface area contributed by atoms with Gasteiger partial charge in [0, 0.05) is 5.56 Å². The Morgan fingerprint density at radius 1 is 0.885 bits per heavy atom. The van der Waals surface area contributed by atoms with Gasteiger partial charge >= 0.3 is 12.4 Å². The van der Waals surface area contributed by atoms with Crippen LogP contribution in [0.25, 0.3) is 0 Å². The van der Waals surface area contributed by atoms with Gasteiger partial charge < -0.3 is 15.2 Å². The summed E-state index contributed by atoms with van der Waals surface area (Å²) in [6.45, 7) is 0. The van der Waals surface area contributed by atoms with Crippen LogP contribution in [0.5, 0.6) is 11.5 Å². The lowest BCUT2D eigenvalue weighted by Crippen LogP contribution is -2.53. The highest BCUT2D eigenvalue weighted by atomic mass is 19.4. The summed E-state index contributed by atoms with van der Waals surface area (Å²) in [5, 5.41) is 11.8. The third-order valence-corrected chi connectivity index (χ3v) is 3.82. The molecule has 0 saturated carbocycles. The SMILES string of the molecule is O=C1Nc2ccc(C(O)(C(F)(F)F)C(F)(F)F)cc2Oc2ccccc21. The van der Waals surface area contributed by atoms with Gasteiger partial charge in [0.05, 0.1) is 11.3 Å². The molecule has 0 radical (unpaired) electrons. The number of para-hydroxylation sites is 1. The van der Waals surface area contributed by atoms with E-state index in [2.05, 4.69) is 5.32 Å². The number of nitrogens with one attached hydrogen (secondary N) is 1. The van der Waals surface area contributed by atoms with E-state index in [-0.39, 0.29) is 17.0 Å². The standard InChI is InChI=1S/C16H9F6NO3/c17-15(18,19)14(25,16(20,21)22)8-5-6-10-12(7-8)26-11-4-2-1-3-9(11)13(24)23-10/h1-7,25H,(H,23,24). The molecule has 0 atom stereocenters. The van der Waals surface area contributed by atoms with Crippen LogP contribution in [-0.2, 0) is 5.60 Å². The lowest BCUT2D eigenvalue weighted by Gasteiger charge is -2.32. The van der Waals surface area contributed by atoms with Gasteiger partial charge in [-0.1, -0.05) is 18.2 Å². The minimum absolute atomic E-state index is 0.0483. The van der Waals surface area contributed by atoms with Crippen LogP contribution in [0, 0.1) is 0 Å². The molecule has 0 unspecified atom stereocenters. The predicted molar refractivity (Wildman–Crippen MR) is 76.9 cm³/mol. The van der Waals surface area contributed by atoms with E-state index in [1.807, 2.05) is 0 Å². The van der Waals surface area contributed by atoms with E-state index in [9.17, 15) is 36.2 Å². The number of halogens is 6. The number of carbonyl (C=O) groups excluding carboxylic acids is 1. The van der Waals surface area contributed by atoms with E-state index in [0.29, 0.717) is 12.1 Å². The van der Waals surface area contributed by atoms with Crippen molar-refractivity contribution in [2.75, 3.05) is 5.32 Å². The number of ether oxygens (including phenoxy) is 1. The van der Waals surface area contributed by atoms with Gasteiger partial charge in [0.1, 0.15) is 5.75 Å². The third-order valence-electron chi connectivity index (χ3n) is 3.82. The molecule has 0 spiro atoms. The van der Waals surface area contributed by atoms with Gasteiger partial charge in [-0.15, -0.1) is 0 Å². The summed E-state index contributed by atoms with van der Waals surface area (Å²) in [5.74, 6) is -1.16. The largest absolute Gasteiger partial charge is 0.454 e. The predicted octanol–water partition coefficient (Wildman–Crippen LogP) is 4.36. The zero-order valence-electron chi connectivity index (χ0n) is 12.6. The number of fused-ring (bicyclic) bond motifs is 2. The number of aliphatic hydroxyl groups is 1. The van der Waals surface area contributed by atoms with Crippen molar-refractivity contribution in [3.63, 3.8) is 0 Å². The van der Waals surface area contributed by atoms with Crippen LogP contribution in [0.15, 0.2) is 42.5 Å². The van der Waals surface area contributed by atoms with E-state index in [0.717, 1.165) is 6.07 Å². The van der Waals surface area contributed by atoms with E-state index in [4.69, 9.17) is 4.74 Å². The van der Waals surface area contributed by atoms with E-state index >= 15 is 0 Å². The summed E-state index contributed by atoms with van der Waals surface area (Å²) in [7, 11) is 0. The molecule has 0 bridgehead atoms. The normalized spacial score (nSPS) is 14.7. The Balaban J connectivity index is 2.16. The van der Waals surface area contributed by atoms with Gasteiger partial charge in [-0.05, 0) is 24.3 Å². The molecule has 2 aromatic rings. The first-order valence-electron chi connectivity index (χ1n) is 7.04. The lowest BCUT2D eigenvalue weighted by molar-refractivity contribution is -0.376. The van der Waals surface area contributed by atoms with Gasteiger partial charge in [0.2, 0.25) is 0 Å². The highest BCUT2D eigenvalue weighted by molar-refractivity contribution is 6.07. The summed E-state index contributed by atoms with van der Waals surface area (Å²) in [6, 6.07) is 7.32. The first kappa shape index (κ1) is 18.1. The molecule has 3 rings (SSSR count). The molecule has 10 heteroatoms. The van der Waals surface area contributed by atoms with Crippen LogP contribution in [0.2, 0.25) is 0 Å². The Morgan fingerprint density at radius 2 is 1.50 bits per heavy atom. The summed E-state index contributed by atoms with van der Waals surface area (Å²) >= 11 is 0. The Morgan fingerprint density at radius 3 is 2.12 bits per heavy atom. The minimum atomic E-state index is -6.02. The number of benzene rings is 2. The topological polar surface area (TPSA) is 58.6 Å². The van der Waals surface area contributed by atoms with Crippen LogP contribution < -0.4 is 10.1 Å². The summed E-state index contributed by atoms with van der Waals surface area (Å²) < 4.78 is 83.4. The molecule has 0 saturated heterocycles. The van der Waals surface area contributed by atoms with Crippen molar-refractivity contribution in [2.24, 2.45) is 0 Å². The first-order chi connectivity index (χ1) is 11.9. The molecule has 1 aliphatic heterocycles. The fourth-order valence-electron chi connectivity index (χ4n) is 2.47. The maximum atomic E-state index is 13.0. The van der Waals surface area contributed by atoms with E-state index in [1.54, 1.807) is 0 Å². The third kappa shape index (κ3) is 2.66. The number of anilines is 1. The highest BCUT2D eigenvalue weighted by Gasteiger charge is 2.71. The first-order valence-corrected chi connectivity index (χ1v) is 7.04. The molecule has 26 heavy (non-hydrogen) atoms. The average molecular weight is 377 g/mol. The van der Waals surface area contributed by atoms with Crippen LogP contribution in [-0.4, -0.2) is 23.4 Å². The van der Waals surface area contributed by atoms with Crippen LogP contribution in [0.4, 0.5) is 32.0 Å². The van der Waals surface area contributed by atoms with Gasteiger partial charge in [0.25, 0.3) is 11.5 Å². The zero-order valence-corrected chi connectivity index (χ0v) is 12.6.